The van der Waals surface area contributed by atoms with Crippen LogP contribution in [-0.4, -0.2) is 32.0 Å². The van der Waals surface area contributed by atoms with Crippen LogP contribution in [-0.2, 0) is 9.59 Å². The van der Waals surface area contributed by atoms with E-state index in [4.69, 9.17) is 0 Å². The summed E-state index contributed by atoms with van der Waals surface area (Å²) < 4.78 is 12.9. The average molecular weight is 372 g/mol. The van der Waals surface area contributed by atoms with Crippen LogP contribution in [0, 0.1) is 19.7 Å². The summed E-state index contributed by atoms with van der Waals surface area (Å²) in [5.74, 6) is -0.702. The molecule has 27 heavy (non-hydrogen) atoms. The Kier molecular flexibility index (Phi) is 7.07. The molecule has 2 amide bonds. The van der Waals surface area contributed by atoms with E-state index < -0.39 is 0 Å². The van der Waals surface area contributed by atoms with Gasteiger partial charge in [0.25, 0.3) is 11.8 Å². The van der Waals surface area contributed by atoms with E-state index in [0.29, 0.717) is 5.69 Å². The second-order valence-electron chi connectivity index (χ2n) is 7.00. The molecular weight excluding hydrogens is 345 g/mol. The van der Waals surface area contributed by atoms with Crippen molar-refractivity contribution in [3.63, 3.8) is 0 Å². The summed E-state index contributed by atoms with van der Waals surface area (Å²) in [6, 6.07) is 11.6. The second kappa shape index (κ2) is 9.28. The van der Waals surface area contributed by atoms with Crippen LogP contribution >= 0.6 is 0 Å². The van der Waals surface area contributed by atoms with Crippen molar-refractivity contribution in [2.75, 3.05) is 25.5 Å². The molecule has 144 valence electrons. The first-order chi connectivity index (χ1) is 12.7. The van der Waals surface area contributed by atoms with E-state index in [0.717, 1.165) is 10.5 Å². The molecule has 3 N–H and O–H groups in total. The number of benzene rings is 2. The fraction of sp³-hybridized carbons (Fsp3) is 0.333. The van der Waals surface area contributed by atoms with Gasteiger partial charge in [-0.3, -0.25) is 9.59 Å². The lowest BCUT2D eigenvalue weighted by Gasteiger charge is -2.18. The number of hydrogen-bond donors (Lipinski definition) is 3. The predicted octanol–water partition coefficient (Wildman–Crippen LogP) is 1.77. The minimum Gasteiger partial charge on any atom is -0.345 e. The summed E-state index contributed by atoms with van der Waals surface area (Å²) in [5.41, 5.74) is 3.99. The third kappa shape index (κ3) is 6.49. The van der Waals surface area contributed by atoms with E-state index >= 15 is 0 Å². The number of likely N-dealkylation sites (N-methyl/N-ethyl adjacent to an activating group) is 1. The molecule has 0 bridgehead atoms. The molecule has 2 rings (SSSR count). The Bertz CT molecular complexity index is 806. The highest BCUT2D eigenvalue weighted by Gasteiger charge is 2.17. The Morgan fingerprint density at radius 1 is 1.00 bits per heavy atom. The normalized spacial score (nSPS) is 12.9. The van der Waals surface area contributed by atoms with Gasteiger partial charge in [-0.1, -0.05) is 18.2 Å². The van der Waals surface area contributed by atoms with E-state index in [1.54, 1.807) is 7.05 Å². The Hall–Kier alpha value is -2.73. The van der Waals surface area contributed by atoms with Crippen LogP contribution in [0.25, 0.3) is 0 Å². The summed E-state index contributed by atoms with van der Waals surface area (Å²) in [4.78, 5) is 25.1. The van der Waals surface area contributed by atoms with Crippen LogP contribution in [0.4, 0.5) is 10.1 Å². The van der Waals surface area contributed by atoms with Crippen LogP contribution in [0.15, 0.2) is 42.5 Å². The van der Waals surface area contributed by atoms with Gasteiger partial charge in [0.1, 0.15) is 5.82 Å². The molecule has 2 atom stereocenters. The number of amides is 2. The van der Waals surface area contributed by atoms with Gasteiger partial charge in [0.05, 0.1) is 13.1 Å². The lowest BCUT2D eigenvalue weighted by molar-refractivity contribution is -0.862. The standard InChI is InChI=1S/C21H26FN3O2/c1-14-5-6-17(11-15(14)2)16(3)23-20(26)12-25(4)13-21(27)24-19-9-7-18(22)8-10-19/h5-11,16H,12-13H2,1-4H3,(H,23,26)(H,24,27)/p+1/t16-/m1/s1. The molecular formula is C21H27FN3O2+. The zero-order valence-electron chi connectivity index (χ0n) is 16.2. The SMILES string of the molecule is Cc1ccc([C@@H](C)NC(=O)C[NH+](C)CC(=O)Nc2ccc(F)cc2)cc1C. The van der Waals surface area contributed by atoms with Crippen LogP contribution in [0.5, 0.6) is 0 Å². The molecule has 0 radical (unpaired) electrons. The first-order valence-corrected chi connectivity index (χ1v) is 8.98. The van der Waals surface area contributed by atoms with Crippen LogP contribution in [0.1, 0.15) is 29.7 Å². The smallest absolute Gasteiger partial charge is 0.279 e. The quantitative estimate of drug-likeness (QED) is 0.694. The maximum atomic E-state index is 12.9. The minimum absolute atomic E-state index is 0.0994. The van der Waals surface area contributed by atoms with Crippen LogP contribution < -0.4 is 15.5 Å². The molecule has 0 aliphatic carbocycles. The van der Waals surface area contributed by atoms with Crippen molar-refractivity contribution in [1.29, 1.82) is 0 Å². The van der Waals surface area contributed by atoms with E-state index in [-0.39, 0.29) is 36.8 Å². The molecule has 0 aliphatic rings. The predicted molar refractivity (Wildman–Crippen MR) is 104 cm³/mol. The molecule has 5 nitrogen and oxygen atoms in total. The van der Waals surface area contributed by atoms with Crippen molar-refractivity contribution in [2.24, 2.45) is 0 Å². The van der Waals surface area contributed by atoms with Gasteiger partial charge in [-0.2, -0.15) is 0 Å². The number of carbonyl (C=O) groups excluding carboxylic acids is 2. The summed E-state index contributed by atoms with van der Waals surface area (Å²) in [7, 11) is 1.78. The number of rotatable bonds is 7. The number of aryl methyl sites for hydroxylation is 2. The molecule has 0 aliphatic heterocycles. The molecule has 0 saturated heterocycles. The fourth-order valence-electron chi connectivity index (χ4n) is 2.76. The highest BCUT2D eigenvalue weighted by molar-refractivity contribution is 5.91. The molecule has 6 heteroatoms. The Balaban J connectivity index is 1.81. The number of halogens is 1. The van der Waals surface area contributed by atoms with Crippen LogP contribution in [0.3, 0.4) is 0 Å². The van der Waals surface area contributed by atoms with Gasteiger partial charge in [-0.15, -0.1) is 0 Å². The zero-order valence-corrected chi connectivity index (χ0v) is 16.2. The topological polar surface area (TPSA) is 62.6 Å². The number of carbonyl (C=O) groups is 2. The number of hydrogen-bond acceptors (Lipinski definition) is 2. The molecule has 1 unspecified atom stereocenters. The zero-order chi connectivity index (χ0) is 20.0. The van der Waals surface area contributed by atoms with Crippen molar-refractivity contribution >= 4 is 17.5 Å². The molecule has 0 heterocycles. The maximum Gasteiger partial charge on any atom is 0.279 e. The van der Waals surface area contributed by atoms with Gasteiger partial charge < -0.3 is 15.5 Å². The lowest BCUT2D eigenvalue weighted by atomic mass is 10.0. The highest BCUT2D eigenvalue weighted by atomic mass is 19.1. The molecule has 0 fully saturated rings. The molecule has 2 aromatic carbocycles. The first-order valence-electron chi connectivity index (χ1n) is 8.98. The van der Waals surface area contributed by atoms with Gasteiger partial charge in [0, 0.05) is 5.69 Å². The maximum absolute atomic E-state index is 12.9. The van der Waals surface area contributed by atoms with Gasteiger partial charge in [-0.25, -0.2) is 4.39 Å². The monoisotopic (exact) mass is 372 g/mol. The van der Waals surface area contributed by atoms with Gasteiger partial charge >= 0.3 is 0 Å². The summed E-state index contributed by atoms with van der Waals surface area (Å²) >= 11 is 0. The second-order valence-corrected chi connectivity index (χ2v) is 7.00. The van der Waals surface area contributed by atoms with Gasteiger partial charge in [0.2, 0.25) is 0 Å². The van der Waals surface area contributed by atoms with E-state index in [2.05, 4.69) is 23.6 Å². The third-order valence-corrected chi connectivity index (χ3v) is 4.46. The Labute approximate surface area is 159 Å². The van der Waals surface area contributed by atoms with Crippen molar-refractivity contribution in [2.45, 2.75) is 26.8 Å². The molecule has 0 aromatic heterocycles. The first kappa shape index (κ1) is 20.6. The van der Waals surface area contributed by atoms with E-state index in [9.17, 15) is 14.0 Å². The Morgan fingerprint density at radius 2 is 1.63 bits per heavy atom. The molecule has 2 aromatic rings. The average Bonchev–Trinajstić information content (AvgIpc) is 2.58. The third-order valence-electron chi connectivity index (χ3n) is 4.46. The van der Waals surface area contributed by atoms with Crippen molar-refractivity contribution in [3.8, 4) is 0 Å². The number of nitrogens with one attached hydrogen (secondary N) is 3. The minimum atomic E-state index is -0.356. The Morgan fingerprint density at radius 3 is 2.26 bits per heavy atom. The largest absolute Gasteiger partial charge is 0.345 e. The molecule has 0 saturated carbocycles. The molecule has 0 spiro atoms. The number of anilines is 1. The number of quaternary nitrogens is 1. The van der Waals surface area contributed by atoms with Crippen molar-refractivity contribution in [1.82, 2.24) is 5.32 Å². The van der Waals surface area contributed by atoms with E-state index in [1.165, 1.54) is 35.4 Å². The highest BCUT2D eigenvalue weighted by Crippen LogP contribution is 2.16. The van der Waals surface area contributed by atoms with Crippen LogP contribution in [0.2, 0.25) is 0 Å². The van der Waals surface area contributed by atoms with Gasteiger partial charge in [-0.05, 0) is 61.7 Å². The summed E-state index contributed by atoms with van der Waals surface area (Å²) in [6.07, 6.45) is 0. The lowest BCUT2D eigenvalue weighted by Crippen LogP contribution is -3.11. The van der Waals surface area contributed by atoms with Crippen molar-refractivity contribution in [3.05, 3.63) is 65.0 Å². The van der Waals surface area contributed by atoms with Crippen molar-refractivity contribution < 1.29 is 18.9 Å². The van der Waals surface area contributed by atoms with E-state index in [1.807, 2.05) is 26.0 Å². The fourth-order valence-corrected chi connectivity index (χ4v) is 2.76. The van der Waals surface area contributed by atoms with Gasteiger partial charge in [0.15, 0.2) is 13.1 Å². The summed E-state index contributed by atoms with van der Waals surface area (Å²) in [6.45, 7) is 6.37. The summed E-state index contributed by atoms with van der Waals surface area (Å²) in [5, 5.41) is 5.66.